The molecule has 1 aromatic carbocycles. The number of carbonyl (C=O) groups excluding carboxylic acids is 1. The van der Waals surface area contributed by atoms with Crippen LogP contribution in [0.1, 0.15) is 55.1 Å². The minimum Gasteiger partial charge on any atom is -0.355 e. The molecule has 1 saturated heterocycles. The monoisotopic (exact) mass is 352 g/mol. The van der Waals surface area contributed by atoms with Crippen LogP contribution in [0.3, 0.4) is 0 Å². The van der Waals surface area contributed by atoms with E-state index in [0.717, 1.165) is 43.0 Å². The Bertz CT molecular complexity index is 723. The highest BCUT2D eigenvalue weighted by atomic mass is 16.2. The van der Waals surface area contributed by atoms with Gasteiger partial charge in [0.1, 0.15) is 0 Å². The summed E-state index contributed by atoms with van der Waals surface area (Å²) in [5.41, 5.74) is 2.47. The highest BCUT2D eigenvalue weighted by Crippen LogP contribution is 2.20. The molecule has 0 saturated carbocycles. The first-order valence-corrected chi connectivity index (χ1v) is 9.66. The first-order chi connectivity index (χ1) is 12.7. The molecule has 0 N–H and O–H groups in total. The fourth-order valence-corrected chi connectivity index (χ4v) is 3.33. The maximum atomic E-state index is 13.1. The first-order valence-electron chi connectivity index (χ1n) is 9.66. The van der Waals surface area contributed by atoms with Gasteiger partial charge in [-0.2, -0.15) is 0 Å². The van der Waals surface area contributed by atoms with Crippen LogP contribution >= 0.6 is 0 Å². The molecular formula is C21H28N4O. The lowest BCUT2D eigenvalue weighted by Crippen LogP contribution is -2.33. The van der Waals surface area contributed by atoms with Gasteiger partial charge in [-0.3, -0.25) is 4.79 Å². The first kappa shape index (κ1) is 18.4. The Hall–Kier alpha value is -2.43. The van der Waals surface area contributed by atoms with E-state index in [1.807, 2.05) is 48.2 Å². The largest absolute Gasteiger partial charge is 0.355 e. The molecule has 2 heterocycles. The third-order valence-electron chi connectivity index (χ3n) is 4.84. The third-order valence-corrected chi connectivity index (χ3v) is 4.84. The van der Waals surface area contributed by atoms with Gasteiger partial charge in [-0.15, -0.1) is 10.2 Å². The Morgan fingerprint density at radius 1 is 1.12 bits per heavy atom. The number of piperidine rings is 1. The van der Waals surface area contributed by atoms with E-state index in [-0.39, 0.29) is 5.91 Å². The molecule has 5 nitrogen and oxygen atoms in total. The molecule has 0 atom stereocenters. The van der Waals surface area contributed by atoms with Crippen molar-refractivity contribution in [2.45, 2.75) is 46.0 Å². The fourth-order valence-electron chi connectivity index (χ4n) is 3.33. The summed E-state index contributed by atoms with van der Waals surface area (Å²) in [5, 5.41) is 8.57. The lowest BCUT2D eigenvalue weighted by molar-refractivity contribution is 0.0981. The van der Waals surface area contributed by atoms with Crippen LogP contribution < -0.4 is 9.80 Å². The molecule has 138 valence electrons. The van der Waals surface area contributed by atoms with Gasteiger partial charge in [0.15, 0.2) is 11.5 Å². The van der Waals surface area contributed by atoms with Gasteiger partial charge in [0.05, 0.1) is 0 Å². The maximum Gasteiger partial charge on any atom is 0.278 e. The van der Waals surface area contributed by atoms with Crippen molar-refractivity contribution in [3.8, 4) is 0 Å². The Morgan fingerprint density at radius 2 is 1.92 bits per heavy atom. The summed E-state index contributed by atoms with van der Waals surface area (Å²) in [6, 6.07) is 11.8. The molecule has 5 heteroatoms. The average molecular weight is 352 g/mol. The van der Waals surface area contributed by atoms with Crippen LogP contribution in [-0.4, -0.2) is 35.7 Å². The van der Waals surface area contributed by atoms with Gasteiger partial charge in [0, 0.05) is 25.3 Å². The van der Waals surface area contributed by atoms with Gasteiger partial charge >= 0.3 is 0 Å². The molecule has 0 unspecified atom stereocenters. The van der Waals surface area contributed by atoms with Crippen LogP contribution in [0.15, 0.2) is 36.4 Å². The summed E-state index contributed by atoms with van der Waals surface area (Å²) in [7, 11) is 0. The number of aromatic nitrogens is 2. The molecule has 1 aromatic heterocycles. The second-order valence-corrected chi connectivity index (χ2v) is 6.97. The average Bonchev–Trinajstić information content (AvgIpc) is 2.69. The molecule has 26 heavy (non-hydrogen) atoms. The summed E-state index contributed by atoms with van der Waals surface area (Å²) in [6.07, 6.45) is 5.67. The van der Waals surface area contributed by atoms with Crippen molar-refractivity contribution in [1.29, 1.82) is 0 Å². The van der Waals surface area contributed by atoms with Gasteiger partial charge in [-0.1, -0.05) is 25.5 Å². The number of benzene rings is 1. The van der Waals surface area contributed by atoms with Crippen molar-refractivity contribution in [3.63, 3.8) is 0 Å². The predicted molar refractivity (Wildman–Crippen MR) is 106 cm³/mol. The SMILES string of the molecule is CCCCN(C(=O)c1ccc(N2CCCCC2)nn1)c1cccc(C)c1. The van der Waals surface area contributed by atoms with Gasteiger partial charge in [0.2, 0.25) is 0 Å². The lowest BCUT2D eigenvalue weighted by atomic mass is 10.1. The molecule has 0 radical (unpaired) electrons. The molecule has 1 amide bonds. The molecule has 1 fully saturated rings. The summed E-state index contributed by atoms with van der Waals surface area (Å²) >= 11 is 0. The van der Waals surface area contributed by atoms with E-state index < -0.39 is 0 Å². The van der Waals surface area contributed by atoms with Crippen molar-refractivity contribution in [2.75, 3.05) is 29.4 Å². The molecule has 0 bridgehead atoms. The maximum absolute atomic E-state index is 13.1. The summed E-state index contributed by atoms with van der Waals surface area (Å²) in [4.78, 5) is 17.1. The van der Waals surface area contributed by atoms with E-state index in [0.29, 0.717) is 12.2 Å². The van der Waals surface area contributed by atoms with E-state index in [1.54, 1.807) is 0 Å². The smallest absolute Gasteiger partial charge is 0.278 e. The number of aryl methyl sites for hydroxylation is 1. The van der Waals surface area contributed by atoms with Crippen LogP contribution in [0.2, 0.25) is 0 Å². The van der Waals surface area contributed by atoms with Crippen LogP contribution in [-0.2, 0) is 0 Å². The number of amides is 1. The zero-order valence-corrected chi connectivity index (χ0v) is 15.8. The van der Waals surface area contributed by atoms with Crippen molar-refractivity contribution in [2.24, 2.45) is 0 Å². The van der Waals surface area contributed by atoms with E-state index >= 15 is 0 Å². The number of rotatable bonds is 6. The number of hydrogen-bond acceptors (Lipinski definition) is 4. The summed E-state index contributed by atoms with van der Waals surface area (Å²) in [6.45, 7) is 6.90. The highest BCUT2D eigenvalue weighted by Gasteiger charge is 2.20. The van der Waals surface area contributed by atoms with Gasteiger partial charge < -0.3 is 9.80 Å². The zero-order chi connectivity index (χ0) is 18.4. The summed E-state index contributed by atoms with van der Waals surface area (Å²) < 4.78 is 0. The predicted octanol–water partition coefficient (Wildman–Crippen LogP) is 4.22. The van der Waals surface area contributed by atoms with E-state index in [2.05, 4.69) is 22.0 Å². The second kappa shape index (κ2) is 8.79. The van der Waals surface area contributed by atoms with E-state index in [4.69, 9.17) is 0 Å². The van der Waals surface area contributed by atoms with Gasteiger partial charge in [-0.05, 0) is 62.4 Å². The van der Waals surface area contributed by atoms with Crippen molar-refractivity contribution < 1.29 is 4.79 Å². The van der Waals surface area contributed by atoms with Crippen molar-refractivity contribution in [1.82, 2.24) is 10.2 Å². The van der Waals surface area contributed by atoms with Crippen LogP contribution in [0.4, 0.5) is 11.5 Å². The minimum atomic E-state index is -0.0817. The molecule has 1 aliphatic heterocycles. The number of carbonyl (C=O) groups is 1. The topological polar surface area (TPSA) is 49.3 Å². The van der Waals surface area contributed by atoms with E-state index in [1.165, 1.54) is 19.3 Å². The van der Waals surface area contributed by atoms with E-state index in [9.17, 15) is 4.79 Å². The van der Waals surface area contributed by atoms with Crippen LogP contribution in [0.25, 0.3) is 0 Å². The quantitative estimate of drug-likeness (QED) is 0.781. The van der Waals surface area contributed by atoms with Crippen LogP contribution in [0.5, 0.6) is 0 Å². The lowest BCUT2D eigenvalue weighted by Gasteiger charge is -2.27. The number of hydrogen-bond donors (Lipinski definition) is 0. The van der Waals surface area contributed by atoms with Crippen molar-refractivity contribution >= 4 is 17.4 Å². The second-order valence-electron chi connectivity index (χ2n) is 6.97. The van der Waals surface area contributed by atoms with Crippen molar-refractivity contribution in [3.05, 3.63) is 47.7 Å². The molecule has 3 rings (SSSR count). The third kappa shape index (κ3) is 4.40. The standard InChI is InChI=1S/C21H28N4O/c1-3-4-15-25(18-10-8-9-17(2)16-18)21(26)19-11-12-20(23-22-19)24-13-6-5-7-14-24/h8-12,16H,3-7,13-15H2,1-2H3. The number of anilines is 2. The Balaban J connectivity index is 1.79. The van der Waals surface area contributed by atoms with Gasteiger partial charge in [-0.25, -0.2) is 0 Å². The molecule has 1 aliphatic rings. The Morgan fingerprint density at radius 3 is 2.58 bits per heavy atom. The normalized spacial score (nSPS) is 14.3. The Labute approximate surface area is 156 Å². The zero-order valence-electron chi connectivity index (χ0n) is 15.8. The summed E-state index contributed by atoms with van der Waals surface area (Å²) in [5.74, 6) is 0.790. The molecule has 0 spiro atoms. The Kier molecular flexibility index (Phi) is 6.21. The molecule has 0 aliphatic carbocycles. The highest BCUT2D eigenvalue weighted by molar-refractivity contribution is 6.04. The van der Waals surface area contributed by atoms with Crippen LogP contribution in [0, 0.1) is 6.92 Å². The van der Waals surface area contributed by atoms with Gasteiger partial charge in [0.25, 0.3) is 5.91 Å². The molecular weight excluding hydrogens is 324 g/mol. The molecule has 2 aromatic rings. The number of unbranched alkanes of at least 4 members (excludes halogenated alkanes) is 1. The minimum absolute atomic E-state index is 0.0817. The number of nitrogens with zero attached hydrogens (tertiary/aromatic N) is 4. The fraction of sp³-hybridized carbons (Fsp3) is 0.476.